The van der Waals surface area contributed by atoms with Crippen LogP contribution in [0.2, 0.25) is 0 Å². The molecule has 7 nitrogen and oxygen atoms in total. The van der Waals surface area contributed by atoms with Gasteiger partial charge in [-0.2, -0.15) is 0 Å². The van der Waals surface area contributed by atoms with E-state index in [4.69, 9.17) is 10.8 Å². The Kier molecular flexibility index (Phi) is 7.70. The van der Waals surface area contributed by atoms with Crippen LogP contribution in [0.1, 0.15) is 26.2 Å². The molecule has 0 spiro atoms. The molecule has 0 rings (SSSR count). The maximum Gasteiger partial charge on any atom is 0.305 e. The van der Waals surface area contributed by atoms with Gasteiger partial charge in [0.1, 0.15) is 0 Å². The summed E-state index contributed by atoms with van der Waals surface area (Å²) in [6, 6.07) is -1.08. The van der Waals surface area contributed by atoms with Gasteiger partial charge in [0.05, 0.1) is 12.5 Å². The predicted molar refractivity (Wildman–Crippen MR) is 61.2 cm³/mol. The standard InChI is InChI=1S/C10H19N3O4/c1-2-4-12-8(14)3-5-13-10(17)7(11)6-9(15)16/h7H,2-6,11H2,1H3,(H,12,14)(H,13,17)(H,15,16). The summed E-state index contributed by atoms with van der Waals surface area (Å²) in [5, 5.41) is 13.5. The highest BCUT2D eigenvalue weighted by atomic mass is 16.4. The van der Waals surface area contributed by atoms with E-state index in [9.17, 15) is 14.4 Å². The molecule has 0 saturated heterocycles. The van der Waals surface area contributed by atoms with Gasteiger partial charge in [0.15, 0.2) is 0 Å². The molecule has 7 heteroatoms. The number of hydrogen-bond donors (Lipinski definition) is 4. The summed E-state index contributed by atoms with van der Waals surface area (Å²) in [7, 11) is 0. The first kappa shape index (κ1) is 15.4. The van der Waals surface area contributed by atoms with Gasteiger partial charge in [0.2, 0.25) is 11.8 Å². The van der Waals surface area contributed by atoms with Crippen molar-refractivity contribution < 1.29 is 19.5 Å². The Hall–Kier alpha value is -1.63. The number of nitrogens with two attached hydrogens (primary N) is 1. The first-order chi connectivity index (χ1) is 7.97. The Balaban J connectivity index is 3.70. The summed E-state index contributed by atoms with van der Waals surface area (Å²) in [4.78, 5) is 32.7. The molecule has 1 atom stereocenters. The molecule has 5 N–H and O–H groups in total. The van der Waals surface area contributed by atoms with Crippen molar-refractivity contribution >= 4 is 17.8 Å². The minimum atomic E-state index is -1.13. The fraction of sp³-hybridized carbons (Fsp3) is 0.700. The molecule has 0 saturated carbocycles. The summed E-state index contributed by atoms with van der Waals surface area (Å²) in [6.07, 6.45) is 0.584. The van der Waals surface area contributed by atoms with Gasteiger partial charge < -0.3 is 21.5 Å². The zero-order chi connectivity index (χ0) is 13.3. The van der Waals surface area contributed by atoms with E-state index in [2.05, 4.69) is 10.6 Å². The third-order valence-electron chi connectivity index (χ3n) is 1.95. The number of aliphatic carboxylic acids is 1. The van der Waals surface area contributed by atoms with Crippen molar-refractivity contribution in [3.8, 4) is 0 Å². The van der Waals surface area contributed by atoms with Crippen LogP contribution in [0.25, 0.3) is 0 Å². The highest BCUT2D eigenvalue weighted by Crippen LogP contribution is 1.88. The molecule has 0 aromatic carbocycles. The summed E-state index contributed by atoms with van der Waals surface area (Å²) in [5.74, 6) is -1.84. The third-order valence-corrected chi connectivity index (χ3v) is 1.95. The molecule has 0 aromatic heterocycles. The Labute approximate surface area is 99.7 Å². The number of amides is 2. The minimum Gasteiger partial charge on any atom is -0.481 e. The number of rotatable bonds is 8. The number of carboxylic acid groups (broad SMARTS) is 1. The normalized spacial score (nSPS) is 11.6. The monoisotopic (exact) mass is 245 g/mol. The van der Waals surface area contributed by atoms with Crippen LogP contribution in [0.15, 0.2) is 0 Å². The molecule has 0 bridgehead atoms. The molecule has 0 aliphatic carbocycles. The lowest BCUT2D eigenvalue weighted by Crippen LogP contribution is -2.43. The van der Waals surface area contributed by atoms with Crippen molar-refractivity contribution in [3.63, 3.8) is 0 Å². The zero-order valence-electron chi connectivity index (χ0n) is 9.86. The SMILES string of the molecule is CCCNC(=O)CCNC(=O)C(N)CC(=O)O. The van der Waals surface area contributed by atoms with Crippen LogP contribution in [0, 0.1) is 0 Å². The summed E-state index contributed by atoms with van der Waals surface area (Å²) in [6.45, 7) is 2.69. The van der Waals surface area contributed by atoms with Gasteiger partial charge in [-0.25, -0.2) is 0 Å². The van der Waals surface area contributed by atoms with E-state index < -0.39 is 24.3 Å². The smallest absolute Gasteiger partial charge is 0.305 e. The number of carbonyl (C=O) groups is 3. The van der Waals surface area contributed by atoms with Crippen LogP contribution >= 0.6 is 0 Å². The molecule has 0 aliphatic rings. The zero-order valence-corrected chi connectivity index (χ0v) is 9.86. The number of hydrogen-bond acceptors (Lipinski definition) is 4. The second-order valence-corrected chi connectivity index (χ2v) is 3.60. The largest absolute Gasteiger partial charge is 0.481 e. The van der Waals surface area contributed by atoms with Crippen molar-refractivity contribution in [2.45, 2.75) is 32.2 Å². The summed E-state index contributed by atoms with van der Waals surface area (Å²) < 4.78 is 0. The minimum absolute atomic E-state index is 0.154. The van der Waals surface area contributed by atoms with E-state index in [1.807, 2.05) is 6.92 Å². The predicted octanol–water partition coefficient (Wildman–Crippen LogP) is -1.18. The molecule has 0 aromatic rings. The Bertz CT molecular complexity index is 281. The Morgan fingerprint density at radius 2 is 1.88 bits per heavy atom. The van der Waals surface area contributed by atoms with Crippen LogP contribution in [-0.4, -0.2) is 42.0 Å². The van der Waals surface area contributed by atoms with Crippen LogP contribution in [0.3, 0.4) is 0 Å². The average Bonchev–Trinajstić information content (AvgIpc) is 2.25. The third kappa shape index (κ3) is 8.21. The molecule has 0 heterocycles. The summed E-state index contributed by atoms with van der Waals surface area (Å²) in [5.41, 5.74) is 5.32. The van der Waals surface area contributed by atoms with Gasteiger partial charge in [-0.3, -0.25) is 14.4 Å². The molecule has 0 fully saturated rings. The fourth-order valence-electron chi connectivity index (χ4n) is 1.06. The first-order valence-electron chi connectivity index (χ1n) is 5.49. The van der Waals surface area contributed by atoms with Crippen LogP contribution < -0.4 is 16.4 Å². The molecule has 0 aliphatic heterocycles. The fourth-order valence-corrected chi connectivity index (χ4v) is 1.06. The van der Waals surface area contributed by atoms with Gasteiger partial charge >= 0.3 is 5.97 Å². The van der Waals surface area contributed by atoms with E-state index in [0.717, 1.165) is 6.42 Å². The van der Waals surface area contributed by atoms with Crippen molar-refractivity contribution in [1.82, 2.24) is 10.6 Å². The Morgan fingerprint density at radius 3 is 2.41 bits per heavy atom. The van der Waals surface area contributed by atoms with Crippen LogP contribution in [0.4, 0.5) is 0 Å². The van der Waals surface area contributed by atoms with Gasteiger partial charge in [0.25, 0.3) is 0 Å². The molecule has 98 valence electrons. The lowest BCUT2D eigenvalue weighted by Gasteiger charge is -2.10. The van der Waals surface area contributed by atoms with Gasteiger partial charge in [0, 0.05) is 19.5 Å². The maximum absolute atomic E-state index is 11.2. The van der Waals surface area contributed by atoms with E-state index in [1.165, 1.54) is 0 Å². The molecular formula is C10H19N3O4. The van der Waals surface area contributed by atoms with Crippen molar-refractivity contribution in [2.24, 2.45) is 5.73 Å². The highest BCUT2D eigenvalue weighted by molar-refractivity contribution is 5.86. The van der Waals surface area contributed by atoms with Gasteiger partial charge in [-0.15, -0.1) is 0 Å². The number of nitrogens with one attached hydrogen (secondary N) is 2. The number of carbonyl (C=O) groups excluding carboxylic acids is 2. The quantitative estimate of drug-likeness (QED) is 0.429. The Morgan fingerprint density at radius 1 is 1.24 bits per heavy atom. The van der Waals surface area contributed by atoms with E-state index in [-0.39, 0.29) is 18.9 Å². The summed E-state index contributed by atoms with van der Waals surface area (Å²) >= 11 is 0. The van der Waals surface area contributed by atoms with Crippen LogP contribution in [0.5, 0.6) is 0 Å². The maximum atomic E-state index is 11.2. The second kappa shape index (κ2) is 8.51. The van der Waals surface area contributed by atoms with Crippen molar-refractivity contribution in [2.75, 3.05) is 13.1 Å². The highest BCUT2D eigenvalue weighted by Gasteiger charge is 2.16. The van der Waals surface area contributed by atoms with Gasteiger partial charge in [-0.1, -0.05) is 6.92 Å². The molecule has 0 radical (unpaired) electrons. The molecule has 1 unspecified atom stereocenters. The average molecular weight is 245 g/mol. The first-order valence-corrected chi connectivity index (χ1v) is 5.49. The topological polar surface area (TPSA) is 122 Å². The second-order valence-electron chi connectivity index (χ2n) is 3.60. The number of carboxylic acids is 1. The van der Waals surface area contributed by atoms with E-state index in [0.29, 0.717) is 6.54 Å². The van der Waals surface area contributed by atoms with Crippen LogP contribution in [-0.2, 0) is 14.4 Å². The molecular weight excluding hydrogens is 226 g/mol. The molecule has 17 heavy (non-hydrogen) atoms. The lowest BCUT2D eigenvalue weighted by molar-refractivity contribution is -0.139. The van der Waals surface area contributed by atoms with E-state index in [1.54, 1.807) is 0 Å². The molecule has 2 amide bonds. The van der Waals surface area contributed by atoms with E-state index >= 15 is 0 Å². The van der Waals surface area contributed by atoms with Crippen molar-refractivity contribution in [1.29, 1.82) is 0 Å². The van der Waals surface area contributed by atoms with Gasteiger partial charge in [-0.05, 0) is 6.42 Å². The van der Waals surface area contributed by atoms with Crippen molar-refractivity contribution in [3.05, 3.63) is 0 Å². The lowest BCUT2D eigenvalue weighted by atomic mass is 10.2.